The van der Waals surface area contributed by atoms with Gasteiger partial charge in [-0.1, -0.05) is 11.8 Å². The van der Waals surface area contributed by atoms with Crippen LogP contribution in [0.2, 0.25) is 0 Å². The molecule has 1 atom stereocenters. The molecule has 0 aliphatic carbocycles. The number of rotatable bonds is 6. The van der Waals surface area contributed by atoms with Gasteiger partial charge in [0.2, 0.25) is 0 Å². The van der Waals surface area contributed by atoms with E-state index in [0.717, 1.165) is 30.6 Å². The first-order chi connectivity index (χ1) is 7.86. The molecule has 0 saturated carbocycles. The van der Waals surface area contributed by atoms with Crippen LogP contribution in [0.5, 0.6) is 0 Å². The molecule has 5 nitrogen and oxygen atoms in total. The molecule has 1 saturated heterocycles. The smallest absolute Gasteiger partial charge is 0.185 e. The van der Waals surface area contributed by atoms with E-state index in [1.54, 1.807) is 22.8 Å². The summed E-state index contributed by atoms with van der Waals surface area (Å²) in [7, 11) is 1.91. The highest BCUT2D eigenvalue weighted by molar-refractivity contribution is 7.99. The average molecular weight is 242 g/mol. The Morgan fingerprint density at radius 1 is 1.69 bits per heavy atom. The van der Waals surface area contributed by atoms with Crippen molar-refractivity contribution in [3.8, 4) is 0 Å². The SMILES string of the molecule is Cn1ncnc1SCCNCC1CCCO1. The number of thioether (sulfide) groups is 1. The van der Waals surface area contributed by atoms with Crippen LogP contribution in [0.4, 0.5) is 0 Å². The van der Waals surface area contributed by atoms with E-state index in [1.165, 1.54) is 12.8 Å². The summed E-state index contributed by atoms with van der Waals surface area (Å²) < 4.78 is 7.33. The second kappa shape index (κ2) is 6.22. The van der Waals surface area contributed by atoms with Gasteiger partial charge in [-0.15, -0.1) is 0 Å². The number of aryl methyl sites for hydroxylation is 1. The van der Waals surface area contributed by atoms with Gasteiger partial charge in [-0.25, -0.2) is 9.67 Å². The van der Waals surface area contributed by atoms with Crippen molar-refractivity contribution in [1.82, 2.24) is 20.1 Å². The number of nitrogens with one attached hydrogen (secondary N) is 1. The minimum Gasteiger partial charge on any atom is -0.377 e. The molecule has 1 aromatic heterocycles. The van der Waals surface area contributed by atoms with E-state index in [1.807, 2.05) is 7.05 Å². The van der Waals surface area contributed by atoms with Gasteiger partial charge in [0.15, 0.2) is 5.16 Å². The van der Waals surface area contributed by atoms with E-state index < -0.39 is 0 Å². The molecule has 0 aromatic carbocycles. The monoisotopic (exact) mass is 242 g/mol. The zero-order chi connectivity index (χ0) is 11.2. The number of ether oxygens (including phenoxy) is 1. The van der Waals surface area contributed by atoms with Gasteiger partial charge in [0.1, 0.15) is 6.33 Å². The predicted molar refractivity (Wildman–Crippen MR) is 63.6 cm³/mol. The zero-order valence-electron chi connectivity index (χ0n) is 9.56. The van der Waals surface area contributed by atoms with Crippen molar-refractivity contribution < 1.29 is 4.74 Å². The van der Waals surface area contributed by atoms with E-state index >= 15 is 0 Å². The summed E-state index contributed by atoms with van der Waals surface area (Å²) in [6, 6.07) is 0. The van der Waals surface area contributed by atoms with Crippen LogP contribution >= 0.6 is 11.8 Å². The van der Waals surface area contributed by atoms with Crippen LogP contribution in [0.1, 0.15) is 12.8 Å². The highest BCUT2D eigenvalue weighted by Crippen LogP contribution is 2.12. The third-order valence-electron chi connectivity index (χ3n) is 2.58. The van der Waals surface area contributed by atoms with Crippen LogP contribution in [0, 0.1) is 0 Å². The molecular formula is C10H18N4OS. The first-order valence-corrected chi connectivity index (χ1v) is 6.64. The molecule has 1 aromatic rings. The Bertz CT molecular complexity index is 312. The maximum Gasteiger partial charge on any atom is 0.185 e. The lowest BCUT2D eigenvalue weighted by Crippen LogP contribution is -2.28. The molecule has 16 heavy (non-hydrogen) atoms. The van der Waals surface area contributed by atoms with Gasteiger partial charge in [0, 0.05) is 32.5 Å². The minimum atomic E-state index is 0.430. The molecule has 90 valence electrons. The fourth-order valence-corrected chi connectivity index (χ4v) is 2.48. The largest absolute Gasteiger partial charge is 0.377 e. The molecule has 1 N–H and O–H groups in total. The summed E-state index contributed by atoms with van der Waals surface area (Å²) in [6.07, 6.45) is 4.42. The summed E-state index contributed by atoms with van der Waals surface area (Å²) in [5.41, 5.74) is 0. The van der Waals surface area contributed by atoms with E-state index in [0.29, 0.717) is 6.10 Å². The number of nitrogens with zero attached hydrogens (tertiary/aromatic N) is 3. The average Bonchev–Trinajstić information content (AvgIpc) is 2.90. The molecule has 6 heteroatoms. The molecule has 1 fully saturated rings. The zero-order valence-corrected chi connectivity index (χ0v) is 10.4. The maximum absolute atomic E-state index is 5.53. The fraction of sp³-hybridized carbons (Fsp3) is 0.800. The molecule has 1 aliphatic rings. The van der Waals surface area contributed by atoms with Crippen molar-refractivity contribution in [3.63, 3.8) is 0 Å². The summed E-state index contributed by atoms with van der Waals surface area (Å²) >= 11 is 1.72. The van der Waals surface area contributed by atoms with Crippen molar-refractivity contribution >= 4 is 11.8 Å². The second-order valence-corrected chi connectivity index (χ2v) is 4.92. The van der Waals surface area contributed by atoms with Gasteiger partial charge < -0.3 is 10.1 Å². The molecule has 0 bridgehead atoms. The quantitative estimate of drug-likeness (QED) is 0.587. The van der Waals surface area contributed by atoms with Crippen molar-refractivity contribution in [3.05, 3.63) is 6.33 Å². The lowest BCUT2D eigenvalue weighted by atomic mass is 10.2. The summed E-state index contributed by atoms with van der Waals surface area (Å²) in [4.78, 5) is 4.15. The molecule has 1 aliphatic heterocycles. The van der Waals surface area contributed by atoms with E-state index in [4.69, 9.17) is 4.74 Å². The summed E-state index contributed by atoms with van der Waals surface area (Å²) in [5.74, 6) is 1.01. The lowest BCUT2D eigenvalue weighted by molar-refractivity contribution is 0.110. The third kappa shape index (κ3) is 3.47. The van der Waals surface area contributed by atoms with E-state index in [2.05, 4.69) is 15.4 Å². The number of hydrogen-bond acceptors (Lipinski definition) is 5. The lowest BCUT2D eigenvalue weighted by Gasteiger charge is -2.09. The first kappa shape index (κ1) is 11.9. The van der Waals surface area contributed by atoms with Crippen LogP contribution in [0.25, 0.3) is 0 Å². The normalized spacial score (nSPS) is 20.4. The minimum absolute atomic E-state index is 0.430. The van der Waals surface area contributed by atoms with Crippen LogP contribution in [-0.2, 0) is 11.8 Å². The Labute approximate surface area is 100.0 Å². The summed E-state index contributed by atoms with van der Waals surface area (Å²) in [5, 5.41) is 8.40. The van der Waals surface area contributed by atoms with Crippen molar-refractivity contribution in [1.29, 1.82) is 0 Å². The highest BCUT2D eigenvalue weighted by atomic mass is 32.2. The maximum atomic E-state index is 5.53. The van der Waals surface area contributed by atoms with Gasteiger partial charge >= 0.3 is 0 Å². The van der Waals surface area contributed by atoms with Crippen LogP contribution < -0.4 is 5.32 Å². The van der Waals surface area contributed by atoms with Gasteiger partial charge in [-0.2, -0.15) is 5.10 Å². The molecule has 2 heterocycles. The number of hydrogen-bond donors (Lipinski definition) is 1. The number of aromatic nitrogens is 3. The summed E-state index contributed by atoms with van der Waals surface area (Å²) in [6.45, 7) is 2.89. The molecule has 0 amide bonds. The first-order valence-electron chi connectivity index (χ1n) is 5.65. The van der Waals surface area contributed by atoms with Gasteiger partial charge in [-0.3, -0.25) is 0 Å². The Morgan fingerprint density at radius 3 is 3.31 bits per heavy atom. The Morgan fingerprint density at radius 2 is 2.62 bits per heavy atom. The Hall–Kier alpha value is -0.590. The van der Waals surface area contributed by atoms with Crippen LogP contribution in [0.15, 0.2) is 11.5 Å². The fourth-order valence-electron chi connectivity index (χ4n) is 1.70. The highest BCUT2D eigenvalue weighted by Gasteiger charge is 2.14. The van der Waals surface area contributed by atoms with E-state index in [-0.39, 0.29) is 0 Å². The van der Waals surface area contributed by atoms with Crippen molar-refractivity contribution in [2.45, 2.75) is 24.1 Å². The Kier molecular flexibility index (Phi) is 4.62. The molecule has 1 unspecified atom stereocenters. The molecule has 0 spiro atoms. The second-order valence-electron chi connectivity index (χ2n) is 3.85. The van der Waals surface area contributed by atoms with Gasteiger partial charge in [-0.05, 0) is 12.8 Å². The Balaban J connectivity index is 1.53. The topological polar surface area (TPSA) is 52.0 Å². The van der Waals surface area contributed by atoms with Crippen LogP contribution in [-0.4, -0.2) is 46.3 Å². The van der Waals surface area contributed by atoms with Gasteiger partial charge in [0.25, 0.3) is 0 Å². The van der Waals surface area contributed by atoms with Crippen molar-refractivity contribution in [2.75, 3.05) is 25.4 Å². The van der Waals surface area contributed by atoms with Gasteiger partial charge in [0.05, 0.1) is 6.10 Å². The molecule has 0 radical (unpaired) electrons. The standard InChI is InChI=1S/C10H18N4OS/c1-14-10(12-8-13-14)16-6-4-11-7-9-3-2-5-15-9/h8-9,11H,2-7H2,1H3. The molecular weight excluding hydrogens is 224 g/mol. The predicted octanol–water partition coefficient (Wildman–Crippen LogP) is 0.676. The third-order valence-corrected chi connectivity index (χ3v) is 3.61. The molecule has 2 rings (SSSR count). The van der Waals surface area contributed by atoms with Crippen molar-refractivity contribution in [2.24, 2.45) is 7.05 Å². The van der Waals surface area contributed by atoms with Crippen LogP contribution in [0.3, 0.4) is 0 Å². The van der Waals surface area contributed by atoms with E-state index in [9.17, 15) is 0 Å².